The number of carboxylic acids is 1. The molecular formula is C17H17N3O3. The van der Waals surface area contributed by atoms with Crippen molar-refractivity contribution in [2.45, 2.75) is 6.54 Å². The van der Waals surface area contributed by atoms with E-state index < -0.39 is 5.97 Å². The number of nitrogens with two attached hydrogens (primary N) is 1. The first-order valence-corrected chi connectivity index (χ1v) is 7.10. The quantitative estimate of drug-likeness (QED) is 0.428. The molecule has 0 atom stereocenters. The monoisotopic (exact) mass is 311 g/mol. The Kier molecular flexibility index (Phi) is 4.01. The number of benzene rings is 2. The van der Waals surface area contributed by atoms with Crippen molar-refractivity contribution < 1.29 is 14.6 Å². The number of rotatable bonds is 5. The van der Waals surface area contributed by atoms with Gasteiger partial charge in [-0.1, -0.05) is 24.3 Å². The van der Waals surface area contributed by atoms with Gasteiger partial charge in [-0.05, 0) is 23.3 Å². The second kappa shape index (κ2) is 6.12. The summed E-state index contributed by atoms with van der Waals surface area (Å²) in [6.07, 6.45) is 0. The van der Waals surface area contributed by atoms with E-state index >= 15 is 0 Å². The maximum atomic E-state index is 11.7. The number of aromatic amines is 1. The molecule has 0 saturated carbocycles. The fraction of sp³-hybridized carbons (Fsp3) is 0.118. The molecule has 6 nitrogen and oxygen atoms in total. The number of aromatic carboxylic acids is 1. The minimum Gasteiger partial charge on any atom is -0.497 e. The number of aromatic nitrogens is 1. The number of fused-ring (bicyclic) bond motifs is 1. The fourth-order valence-corrected chi connectivity index (χ4v) is 2.77. The highest BCUT2D eigenvalue weighted by molar-refractivity contribution is 6.08. The third-order valence-corrected chi connectivity index (χ3v) is 3.80. The van der Waals surface area contributed by atoms with E-state index in [1.54, 1.807) is 13.2 Å². The van der Waals surface area contributed by atoms with Crippen molar-refractivity contribution in [3.8, 4) is 16.9 Å². The molecule has 1 aromatic heterocycles. The minimum atomic E-state index is -1.01. The molecule has 0 radical (unpaired) electrons. The van der Waals surface area contributed by atoms with Gasteiger partial charge in [-0.15, -0.1) is 0 Å². The summed E-state index contributed by atoms with van der Waals surface area (Å²) in [6, 6.07) is 13.1. The zero-order chi connectivity index (χ0) is 16.4. The second-order valence-corrected chi connectivity index (χ2v) is 5.13. The van der Waals surface area contributed by atoms with Crippen LogP contribution >= 0.6 is 0 Å². The molecule has 1 heterocycles. The number of H-pyrrole nitrogens is 1. The van der Waals surface area contributed by atoms with Crippen LogP contribution in [0.1, 0.15) is 16.1 Å². The third kappa shape index (κ3) is 2.65. The number of carbonyl (C=O) groups is 1. The van der Waals surface area contributed by atoms with Crippen LogP contribution in [0, 0.1) is 0 Å². The first kappa shape index (κ1) is 15.1. The van der Waals surface area contributed by atoms with Crippen LogP contribution < -0.4 is 16.0 Å². The van der Waals surface area contributed by atoms with E-state index in [0.717, 1.165) is 16.5 Å². The highest BCUT2D eigenvalue weighted by Gasteiger charge is 2.20. The molecule has 0 unspecified atom stereocenters. The lowest BCUT2D eigenvalue weighted by molar-refractivity contribution is 0.0692. The molecule has 0 bridgehead atoms. The molecule has 0 amide bonds. The lowest BCUT2D eigenvalue weighted by atomic mass is 9.96. The van der Waals surface area contributed by atoms with Crippen molar-refractivity contribution in [2.75, 3.05) is 7.11 Å². The van der Waals surface area contributed by atoms with Crippen molar-refractivity contribution in [1.29, 1.82) is 0 Å². The van der Waals surface area contributed by atoms with Crippen LogP contribution in [-0.4, -0.2) is 23.2 Å². The van der Waals surface area contributed by atoms with E-state index in [-0.39, 0.29) is 5.69 Å². The SMILES string of the molecule is COc1ccc2c(-c3ccccc3CNN)c(C(=O)O)[nH]c2c1. The number of ether oxygens (including phenoxy) is 1. The Bertz CT molecular complexity index is 871. The first-order valence-electron chi connectivity index (χ1n) is 7.10. The van der Waals surface area contributed by atoms with Crippen LogP contribution in [0.2, 0.25) is 0 Å². The summed E-state index contributed by atoms with van der Waals surface area (Å²) in [4.78, 5) is 14.7. The Balaban J connectivity index is 2.31. The molecule has 0 aliphatic carbocycles. The average molecular weight is 311 g/mol. The van der Waals surface area contributed by atoms with Gasteiger partial charge in [0.25, 0.3) is 0 Å². The van der Waals surface area contributed by atoms with Crippen molar-refractivity contribution in [1.82, 2.24) is 10.4 Å². The van der Waals surface area contributed by atoms with Crippen LogP contribution in [0.5, 0.6) is 5.75 Å². The van der Waals surface area contributed by atoms with Gasteiger partial charge in [-0.2, -0.15) is 0 Å². The molecule has 0 saturated heterocycles. The Morgan fingerprint density at radius 1 is 1.30 bits per heavy atom. The van der Waals surface area contributed by atoms with Gasteiger partial charge in [0, 0.05) is 23.6 Å². The van der Waals surface area contributed by atoms with Gasteiger partial charge in [0.1, 0.15) is 11.4 Å². The van der Waals surface area contributed by atoms with E-state index in [4.69, 9.17) is 10.6 Å². The van der Waals surface area contributed by atoms with Crippen molar-refractivity contribution in [2.24, 2.45) is 5.84 Å². The Hall–Kier alpha value is -2.83. The molecule has 118 valence electrons. The van der Waals surface area contributed by atoms with Gasteiger partial charge in [0.05, 0.1) is 12.6 Å². The summed E-state index contributed by atoms with van der Waals surface area (Å²) in [5.74, 6) is 5.10. The van der Waals surface area contributed by atoms with Crippen LogP contribution in [-0.2, 0) is 6.54 Å². The summed E-state index contributed by atoms with van der Waals surface area (Å²) < 4.78 is 5.21. The van der Waals surface area contributed by atoms with Gasteiger partial charge < -0.3 is 14.8 Å². The lowest BCUT2D eigenvalue weighted by Crippen LogP contribution is -2.21. The smallest absolute Gasteiger partial charge is 0.352 e. The number of nitrogens with one attached hydrogen (secondary N) is 2. The van der Waals surface area contributed by atoms with E-state index in [0.29, 0.717) is 23.4 Å². The van der Waals surface area contributed by atoms with Crippen LogP contribution in [0.15, 0.2) is 42.5 Å². The molecule has 3 rings (SSSR count). The molecule has 0 aliphatic rings. The molecule has 0 aliphatic heterocycles. The van der Waals surface area contributed by atoms with E-state index in [1.807, 2.05) is 36.4 Å². The van der Waals surface area contributed by atoms with Crippen molar-refractivity contribution in [3.63, 3.8) is 0 Å². The first-order chi connectivity index (χ1) is 11.2. The largest absolute Gasteiger partial charge is 0.497 e. The number of hydrogen-bond acceptors (Lipinski definition) is 4. The Morgan fingerprint density at radius 3 is 2.78 bits per heavy atom. The van der Waals surface area contributed by atoms with Crippen LogP contribution in [0.4, 0.5) is 0 Å². The predicted octanol–water partition coefficient (Wildman–Crippen LogP) is 2.50. The highest BCUT2D eigenvalue weighted by Crippen LogP contribution is 2.36. The third-order valence-electron chi connectivity index (χ3n) is 3.80. The van der Waals surface area contributed by atoms with Crippen molar-refractivity contribution in [3.05, 3.63) is 53.7 Å². The fourth-order valence-electron chi connectivity index (χ4n) is 2.77. The van der Waals surface area contributed by atoms with Gasteiger partial charge in [0.2, 0.25) is 0 Å². The Labute approximate surface area is 132 Å². The number of hydrogen-bond donors (Lipinski definition) is 4. The van der Waals surface area contributed by atoms with Gasteiger partial charge in [0.15, 0.2) is 0 Å². The average Bonchev–Trinajstić information content (AvgIpc) is 2.94. The zero-order valence-electron chi connectivity index (χ0n) is 12.6. The summed E-state index contributed by atoms with van der Waals surface area (Å²) in [5, 5.41) is 10.4. The predicted molar refractivity (Wildman–Crippen MR) is 88.3 cm³/mol. The summed E-state index contributed by atoms with van der Waals surface area (Å²) >= 11 is 0. The topological polar surface area (TPSA) is 100 Å². The van der Waals surface area contributed by atoms with Gasteiger partial charge in [-0.3, -0.25) is 11.3 Å². The summed E-state index contributed by atoms with van der Waals surface area (Å²) in [5.41, 5.74) is 5.90. The number of carboxylic acid groups (broad SMARTS) is 1. The summed E-state index contributed by atoms with van der Waals surface area (Å²) in [6.45, 7) is 0.443. The maximum Gasteiger partial charge on any atom is 0.352 e. The zero-order valence-corrected chi connectivity index (χ0v) is 12.6. The Morgan fingerprint density at radius 2 is 2.09 bits per heavy atom. The summed E-state index contributed by atoms with van der Waals surface area (Å²) in [7, 11) is 1.57. The number of methoxy groups -OCH3 is 1. The molecule has 6 heteroatoms. The van der Waals surface area contributed by atoms with Crippen LogP contribution in [0.25, 0.3) is 22.0 Å². The minimum absolute atomic E-state index is 0.151. The van der Waals surface area contributed by atoms with E-state index in [9.17, 15) is 9.90 Å². The maximum absolute atomic E-state index is 11.7. The molecule has 23 heavy (non-hydrogen) atoms. The molecule has 0 fully saturated rings. The molecular weight excluding hydrogens is 294 g/mol. The van der Waals surface area contributed by atoms with Gasteiger partial charge in [-0.25, -0.2) is 4.79 Å². The van der Waals surface area contributed by atoms with Gasteiger partial charge >= 0.3 is 5.97 Å². The number of hydrazine groups is 1. The molecule has 3 aromatic rings. The highest BCUT2D eigenvalue weighted by atomic mass is 16.5. The lowest BCUT2D eigenvalue weighted by Gasteiger charge is -2.09. The molecule has 5 N–H and O–H groups in total. The normalized spacial score (nSPS) is 10.9. The van der Waals surface area contributed by atoms with E-state index in [1.165, 1.54) is 0 Å². The van der Waals surface area contributed by atoms with Crippen LogP contribution in [0.3, 0.4) is 0 Å². The van der Waals surface area contributed by atoms with E-state index in [2.05, 4.69) is 10.4 Å². The second-order valence-electron chi connectivity index (χ2n) is 5.13. The molecule has 0 spiro atoms. The molecule has 2 aromatic carbocycles. The standard InChI is InChI=1S/C17H17N3O3/c1-23-11-6-7-13-14(8-11)20-16(17(21)22)15(13)12-5-3-2-4-10(12)9-19-18/h2-8,19-20H,9,18H2,1H3,(H,21,22). The van der Waals surface area contributed by atoms with Crippen molar-refractivity contribution >= 4 is 16.9 Å².